The van der Waals surface area contributed by atoms with Gasteiger partial charge in [0.1, 0.15) is 5.82 Å². The van der Waals surface area contributed by atoms with Crippen LogP contribution in [-0.4, -0.2) is 48.6 Å². The molecule has 0 bridgehead atoms. The van der Waals surface area contributed by atoms with E-state index in [4.69, 9.17) is 10.4 Å². The van der Waals surface area contributed by atoms with Gasteiger partial charge in [0.25, 0.3) is 0 Å². The Hall–Kier alpha value is -2.14. The maximum absolute atomic E-state index is 11.7. The van der Waals surface area contributed by atoms with Crippen LogP contribution in [0.4, 0.5) is 5.82 Å². The van der Waals surface area contributed by atoms with Crippen molar-refractivity contribution in [2.45, 2.75) is 12.5 Å². The number of nitriles is 1. The molecule has 1 aromatic rings. The molecule has 0 radical (unpaired) electrons. The first kappa shape index (κ1) is 14.3. The molecule has 1 unspecified atom stereocenters. The monoisotopic (exact) mass is 295 g/mol. The van der Waals surface area contributed by atoms with Gasteiger partial charge in [-0.1, -0.05) is 0 Å². The molecule has 1 saturated heterocycles. The zero-order chi connectivity index (χ0) is 14.8. The number of hydrogen-bond acceptors (Lipinski definition) is 6. The Morgan fingerprint density at radius 1 is 1.60 bits per heavy atom. The highest BCUT2D eigenvalue weighted by Gasteiger charge is 2.33. The highest BCUT2D eigenvalue weighted by Crippen LogP contribution is 2.22. The molecule has 1 N–H and O–H groups in total. The van der Waals surface area contributed by atoms with Crippen LogP contribution in [0.1, 0.15) is 12.0 Å². The van der Waals surface area contributed by atoms with E-state index < -0.39 is 21.8 Å². The Labute approximate surface area is 116 Å². The van der Waals surface area contributed by atoms with E-state index in [2.05, 4.69) is 4.98 Å². The summed E-state index contributed by atoms with van der Waals surface area (Å²) < 4.78 is 23.3. The summed E-state index contributed by atoms with van der Waals surface area (Å²) in [6.07, 6.45) is 1.17. The lowest BCUT2D eigenvalue weighted by Crippen LogP contribution is -2.49. The van der Waals surface area contributed by atoms with E-state index in [0.717, 1.165) is 0 Å². The number of rotatable bonds is 3. The molecule has 8 heteroatoms. The van der Waals surface area contributed by atoms with Gasteiger partial charge in [0.2, 0.25) is 0 Å². The number of hydrogen-bond donors (Lipinski definition) is 1. The lowest BCUT2D eigenvalue weighted by Gasteiger charge is -2.35. The minimum absolute atomic E-state index is 0.0401. The Balaban J connectivity index is 2.32. The second kappa shape index (κ2) is 5.46. The van der Waals surface area contributed by atoms with Gasteiger partial charge >= 0.3 is 5.97 Å². The summed E-state index contributed by atoms with van der Waals surface area (Å²) in [5.74, 6) is -0.877. The van der Waals surface area contributed by atoms with Gasteiger partial charge in [-0.3, -0.25) is 4.79 Å². The first-order valence-electron chi connectivity index (χ1n) is 5.96. The summed E-state index contributed by atoms with van der Waals surface area (Å²) in [5.41, 5.74) is 0.400. The van der Waals surface area contributed by atoms with Crippen LogP contribution in [-0.2, 0) is 14.6 Å². The fourth-order valence-corrected chi connectivity index (χ4v) is 3.73. The van der Waals surface area contributed by atoms with E-state index in [0.29, 0.717) is 11.4 Å². The molecule has 106 valence electrons. The highest BCUT2D eigenvalue weighted by molar-refractivity contribution is 7.91. The van der Waals surface area contributed by atoms with Gasteiger partial charge < -0.3 is 10.0 Å². The predicted octanol–water partition coefficient (Wildman–Crippen LogP) is 0.0314. The average molecular weight is 295 g/mol. The Morgan fingerprint density at radius 3 is 3.00 bits per heavy atom. The number of aliphatic carboxylic acids is 1. The average Bonchev–Trinajstić information content (AvgIpc) is 2.37. The first-order chi connectivity index (χ1) is 9.41. The lowest BCUT2D eigenvalue weighted by atomic mass is 10.2. The molecular weight excluding hydrogens is 282 g/mol. The van der Waals surface area contributed by atoms with Crippen molar-refractivity contribution in [3.05, 3.63) is 23.9 Å². The summed E-state index contributed by atoms with van der Waals surface area (Å²) in [7, 11) is -3.23. The fourth-order valence-electron chi connectivity index (χ4n) is 2.20. The first-order valence-corrected chi connectivity index (χ1v) is 7.78. The van der Waals surface area contributed by atoms with Crippen molar-refractivity contribution in [2.75, 3.05) is 23.0 Å². The molecule has 0 amide bonds. The van der Waals surface area contributed by atoms with Crippen molar-refractivity contribution >= 4 is 21.6 Å². The molecule has 0 saturated carbocycles. The Morgan fingerprint density at radius 2 is 2.35 bits per heavy atom. The molecule has 1 aliphatic rings. The second-order valence-corrected chi connectivity index (χ2v) is 6.80. The summed E-state index contributed by atoms with van der Waals surface area (Å²) >= 11 is 0. The van der Waals surface area contributed by atoms with Gasteiger partial charge in [0, 0.05) is 12.7 Å². The third-order valence-corrected chi connectivity index (χ3v) is 4.81. The number of sulfone groups is 1. The molecule has 1 aromatic heterocycles. The van der Waals surface area contributed by atoms with Crippen LogP contribution in [0.25, 0.3) is 0 Å². The number of pyridine rings is 1. The second-order valence-electron chi connectivity index (χ2n) is 4.57. The molecule has 1 fully saturated rings. The molecule has 1 atom stereocenters. The van der Waals surface area contributed by atoms with Crippen LogP contribution in [0.3, 0.4) is 0 Å². The molecule has 0 aliphatic carbocycles. The topological polar surface area (TPSA) is 111 Å². The maximum Gasteiger partial charge on any atom is 0.305 e. The summed E-state index contributed by atoms with van der Waals surface area (Å²) in [4.78, 5) is 16.6. The van der Waals surface area contributed by atoms with Gasteiger partial charge in [-0.2, -0.15) is 5.26 Å². The zero-order valence-electron chi connectivity index (χ0n) is 10.6. The van der Waals surface area contributed by atoms with Crippen molar-refractivity contribution in [1.82, 2.24) is 4.98 Å². The van der Waals surface area contributed by atoms with Gasteiger partial charge in [0.15, 0.2) is 9.84 Å². The molecule has 2 rings (SSSR count). The Bertz CT molecular complexity index is 666. The minimum Gasteiger partial charge on any atom is -0.481 e. The van der Waals surface area contributed by atoms with Crippen LogP contribution >= 0.6 is 0 Å². The van der Waals surface area contributed by atoms with Crippen LogP contribution in [0.15, 0.2) is 18.3 Å². The van der Waals surface area contributed by atoms with Crippen LogP contribution in [0.5, 0.6) is 0 Å². The van der Waals surface area contributed by atoms with Crippen molar-refractivity contribution < 1.29 is 18.3 Å². The summed E-state index contributed by atoms with van der Waals surface area (Å²) in [6, 6.07) is 4.39. The number of carboxylic acid groups (broad SMARTS) is 1. The number of carboxylic acids is 1. The third-order valence-electron chi connectivity index (χ3n) is 3.11. The van der Waals surface area contributed by atoms with Crippen molar-refractivity contribution in [3.8, 4) is 6.07 Å². The van der Waals surface area contributed by atoms with Crippen molar-refractivity contribution in [1.29, 1.82) is 5.26 Å². The maximum atomic E-state index is 11.7. The molecule has 7 nitrogen and oxygen atoms in total. The summed E-state index contributed by atoms with van der Waals surface area (Å²) in [6.45, 7) is 0.183. The van der Waals surface area contributed by atoms with Crippen LogP contribution in [0, 0.1) is 11.3 Å². The quantitative estimate of drug-likeness (QED) is 0.837. The minimum atomic E-state index is -3.23. The number of anilines is 1. The SMILES string of the molecule is N#Cc1ccnc(N2CCS(=O)(=O)CC2CC(=O)O)c1. The van der Waals surface area contributed by atoms with Gasteiger partial charge in [-0.25, -0.2) is 13.4 Å². The molecular formula is C12H13N3O4S. The van der Waals surface area contributed by atoms with E-state index in [-0.39, 0.29) is 24.5 Å². The van der Waals surface area contributed by atoms with Gasteiger partial charge in [-0.05, 0) is 12.1 Å². The molecule has 0 spiro atoms. The van der Waals surface area contributed by atoms with E-state index in [1.165, 1.54) is 18.3 Å². The zero-order valence-corrected chi connectivity index (χ0v) is 11.4. The van der Waals surface area contributed by atoms with Crippen LogP contribution < -0.4 is 4.90 Å². The van der Waals surface area contributed by atoms with E-state index in [1.54, 1.807) is 4.90 Å². The van der Waals surface area contributed by atoms with E-state index in [1.807, 2.05) is 6.07 Å². The lowest BCUT2D eigenvalue weighted by molar-refractivity contribution is -0.137. The van der Waals surface area contributed by atoms with Crippen molar-refractivity contribution in [2.24, 2.45) is 0 Å². The fraction of sp³-hybridized carbons (Fsp3) is 0.417. The van der Waals surface area contributed by atoms with Gasteiger partial charge in [-0.15, -0.1) is 0 Å². The summed E-state index contributed by atoms with van der Waals surface area (Å²) in [5, 5.41) is 17.8. The number of aromatic nitrogens is 1. The molecule has 1 aliphatic heterocycles. The highest BCUT2D eigenvalue weighted by atomic mass is 32.2. The number of nitrogens with zero attached hydrogens (tertiary/aromatic N) is 3. The third kappa shape index (κ3) is 3.24. The standard InChI is InChI=1S/C12H13N3O4S/c13-7-9-1-2-14-11(5-9)15-3-4-20(18,19)8-10(15)6-12(16)17/h1-2,5,10H,3-4,6,8H2,(H,16,17). The normalized spacial score (nSPS) is 21.1. The smallest absolute Gasteiger partial charge is 0.305 e. The van der Waals surface area contributed by atoms with Crippen molar-refractivity contribution in [3.63, 3.8) is 0 Å². The molecule has 20 heavy (non-hydrogen) atoms. The number of carbonyl (C=O) groups is 1. The van der Waals surface area contributed by atoms with E-state index >= 15 is 0 Å². The molecule has 2 heterocycles. The van der Waals surface area contributed by atoms with Crippen LogP contribution in [0.2, 0.25) is 0 Å². The van der Waals surface area contributed by atoms with Gasteiger partial charge in [0.05, 0.1) is 35.6 Å². The molecule has 0 aromatic carbocycles. The Kier molecular flexibility index (Phi) is 3.90. The largest absolute Gasteiger partial charge is 0.481 e. The predicted molar refractivity (Wildman–Crippen MR) is 71.0 cm³/mol. The van der Waals surface area contributed by atoms with E-state index in [9.17, 15) is 13.2 Å².